The third-order valence-corrected chi connectivity index (χ3v) is 1.39. The molecule has 62 valence electrons. The second-order valence-electron chi connectivity index (χ2n) is 2.33. The monoisotopic (exact) mass is 155 g/mol. The first-order valence-corrected chi connectivity index (χ1v) is 3.77. The lowest BCUT2D eigenvalue weighted by molar-refractivity contribution is 0.285. The third-order valence-electron chi connectivity index (χ3n) is 1.39. The van der Waals surface area contributed by atoms with Crippen molar-refractivity contribution in [3.05, 3.63) is 24.2 Å². The van der Waals surface area contributed by atoms with Crippen LogP contribution in [0.5, 0.6) is 0 Å². The van der Waals surface area contributed by atoms with E-state index in [0.717, 1.165) is 25.3 Å². The van der Waals surface area contributed by atoms with E-state index in [1.807, 2.05) is 12.1 Å². The summed E-state index contributed by atoms with van der Waals surface area (Å²) in [4.78, 5) is 0. The van der Waals surface area contributed by atoms with Crippen LogP contribution in [0.25, 0.3) is 0 Å². The lowest BCUT2D eigenvalue weighted by Crippen LogP contribution is -2.15. The molecule has 0 amide bonds. The van der Waals surface area contributed by atoms with Crippen molar-refractivity contribution in [2.45, 2.75) is 13.0 Å². The molecular formula is C8H13NO2. The molecule has 0 spiro atoms. The molecule has 0 aliphatic heterocycles. The van der Waals surface area contributed by atoms with E-state index in [-0.39, 0.29) is 6.61 Å². The van der Waals surface area contributed by atoms with Gasteiger partial charge in [-0.3, -0.25) is 0 Å². The van der Waals surface area contributed by atoms with Crippen LogP contribution in [0.15, 0.2) is 22.8 Å². The van der Waals surface area contributed by atoms with E-state index in [4.69, 9.17) is 9.52 Å². The van der Waals surface area contributed by atoms with Crippen molar-refractivity contribution in [2.75, 3.05) is 13.2 Å². The summed E-state index contributed by atoms with van der Waals surface area (Å²) in [6.45, 7) is 1.81. The highest BCUT2D eigenvalue weighted by Crippen LogP contribution is 1.97. The van der Waals surface area contributed by atoms with Gasteiger partial charge < -0.3 is 14.8 Å². The summed E-state index contributed by atoms with van der Waals surface area (Å²) in [5, 5.41) is 11.6. The van der Waals surface area contributed by atoms with Gasteiger partial charge in [0.1, 0.15) is 5.76 Å². The predicted octanol–water partition coefficient (Wildman–Crippen LogP) is 0.752. The number of aliphatic hydroxyl groups excluding tert-OH is 1. The molecule has 11 heavy (non-hydrogen) atoms. The molecule has 1 aromatic rings. The summed E-state index contributed by atoms with van der Waals surface area (Å²) in [5.41, 5.74) is 0. The van der Waals surface area contributed by atoms with Gasteiger partial charge in [-0.1, -0.05) is 0 Å². The van der Waals surface area contributed by atoms with Crippen molar-refractivity contribution in [3.8, 4) is 0 Å². The molecule has 0 saturated heterocycles. The molecule has 0 aliphatic carbocycles. The van der Waals surface area contributed by atoms with E-state index in [1.165, 1.54) is 0 Å². The van der Waals surface area contributed by atoms with Gasteiger partial charge in [0.15, 0.2) is 0 Å². The number of hydrogen-bond acceptors (Lipinski definition) is 3. The third kappa shape index (κ3) is 3.20. The maximum Gasteiger partial charge on any atom is 0.117 e. The summed E-state index contributed by atoms with van der Waals surface area (Å²) in [6.07, 6.45) is 2.45. The van der Waals surface area contributed by atoms with E-state index in [1.54, 1.807) is 6.26 Å². The second kappa shape index (κ2) is 4.93. The van der Waals surface area contributed by atoms with Crippen LogP contribution in [-0.2, 0) is 6.54 Å². The summed E-state index contributed by atoms with van der Waals surface area (Å²) in [7, 11) is 0. The van der Waals surface area contributed by atoms with Gasteiger partial charge in [-0.25, -0.2) is 0 Å². The van der Waals surface area contributed by atoms with E-state index >= 15 is 0 Å². The van der Waals surface area contributed by atoms with Crippen LogP contribution in [-0.4, -0.2) is 18.3 Å². The molecule has 1 rings (SSSR count). The van der Waals surface area contributed by atoms with Gasteiger partial charge in [-0.2, -0.15) is 0 Å². The molecule has 0 atom stereocenters. The molecule has 1 heterocycles. The fourth-order valence-corrected chi connectivity index (χ4v) is 0.829. The number of aliphatic hydroxyl groups is 1. The number of hydrogen-bond donors (Lipinski definition) is 2. The molecule has 0 radical (unpaired) electrons. The zero-order valence-electron chi connectivity index (χ0n) is 6.42. The van der Waals surface area contributed by atoms with Gasteiger partial charge in [-0.05, 0) is 25.1 Å². The first-order valence-electron chi connectivity index (χ1n) is 3.77. The Hall–Kier alpha value is -0.800. The first kappa shape index (κ1) is 8.30. The number of furan rings is 1. The highest BCUT2D eigenvalue weighted by Gasteiger charge is 1.92. The van der Waals surface area contributed by atoms with Crippen LogP contribution in [0, 0.1) is 0 Å². The molecule has 0 bridgehead atoms. The van der Waals surface area contributed by atoms with Crippen LogP contribution in [0.3, 0.4) is 0 Å². The van der Waals surface area contributed by atoms with Crippen LogP contribution in [0.1, 0.15) is 12.2 Å². The van der Waals surface area contributed by atoms with Crippen LogP contribution in [0.4, 0.5) is 0 Å². The Labute approximate surface area is 66.0 Å². The zero-order chi connectivity index (χ0) is 7.94. The van der Waals surface area contributed by atoms with E-state index in [9.17, 15) is 0 Å². The lowest BCUT2D eigenvalue weighted by atomic mass is 10.4. The summed E-state index contributed by atoms with van der Waals surface area (Å²) < 4.78 is 5.09. The first-order chi connectivity index (χ1) is 5.43. The summed E-state index contributed by atoms with van der Waals surface area (Å²) in [6, 6.07) is 3.79. The molecule has 3 heteroatoms. The molecule has 0 saturated carbocycles. The van der Waals surface area contributed by atoms with Gasteiger partial charge in [0.25, 0.3) is 0 Å². The highest BCUT2D eigenvalue weighted by atomic mass is 16.3. The van der Waals surface area contributed by atoms with Crippen LogP contribution < -0.4 is 5.32 Å². The molecular weight excluding hydrogens is 142 g/mol. The fourth-order valence-electron chi connectivity index (χ4n) is 0.829. The normalized spacial score (nSPS) is 10.3. The molecule has 1 aromatic heterocycles. The molecule has 0 unspecified atom stereocenters. The Bertz CT molecular complexity index is 172. The largest absolute Gasteiger partial charge is 0.468 e. The Balaban J connectivity index is 2.04. The topological polar surface area (TPSA) is 45.4 Å². The predicted molar refractivity (Wildman–Crippen MR) is 42.1 cm³/mol. The van der Waals surface area contributed by atoms with Crippen LogP contribution in [0.2, 0.25) is 0 Å². The minimum atomic E-state index is 0.241. The SMILES string of the molecule is OCCCNCc1ccco1. The number of nitrogens with one attached hydrogen (secondary N) is 1. The lowest BCUT2D eigenvalue weighted by Gasteiger charge is -1.98. The molecule has 2 N–H and O–H groups in total. The summed E-state index contributed by atoms with van der Waals surface area (Å²) >= 11 is 0. The van der Waals surface area contributed by atoms with Crippen molar-refractivity contribution in [1.29, 1.82) is 0 Å². The molecule has 3 nitrogen and oxygen atoms in total. The van der Waals surface area contributed by atoms with E-state index in [2.05, 4.69) is 5.32 Å². The zero-order valence-corrected chi connectivity index (χ0v) is 6.42. The van der Waals surface area contributed by atoms with Crippen molar-refractivity contribution >= 4 is 0 Å². The van der Waals surface area contributed by atoms with E-state index in [0.29, 0.717) is 0 Å². The second-order valence-corrected chi connectivity index (χ2v) is 2.33. The van der Waals surface area contributed by atoms with E-state index < -0.39 is 0 Å². The van der Waals surface area contributed by atoms with Crippen molar-refractivity contribution < 1.29 is 9.52 Å². The van der Waals surface area contributed by atoms with Crippen molar-refractivity contribution in [3.63, 3.8) is 0 Å². The number of rotatable bonds is 5. The van der Waals surface area contributed by atoms with Gasteiger partial charge in [0.2, 0.25) is 0 Å². The average Bonchev–Trinajstić information content (AvgIpc) is 2.50. The fraction of sp³-hybridized carbons (Fsp3) is 0.500. The highest BCUT2D eigenvalue weighted by molar-refractivity contribution is 4.97. The maximum atomic E-state index is 8.46. The van der Waals surface area contributed by atoms with Gasteiger partial charge in [0, 0.05) is 6.61 Å². The molecule has 0 aliphatic rings. The van der Waals surface area contributed by atoms with Gasteiger partial charge in [-0.15, -0.1) is 0 Å². The van der Waals surface area contributed by atoms with Gasteiger partial charge in [0.05, 0.1) is 12.8 Å². The van der Waals surface area contributed by atoms with Gasteiger partial charge >= 0.3 is 0 Å². The smallest absolute Gasteiger partial charge is 0.117 e. The standard InChI is InChI=1S/C8H13NO2/c10-5-2-4-9-7-8-3-1-6-11-8/h1,3,6,9-10H,2,4-5,7H2. The van der Waals surface area contributed by atoms with Crippen molar-refractivity contribution in [2.24, 2.45) is 0 Å². The Morgan fingerprint density at radius 2 is 2.45 bits per heavy atom. The van der Waals surface area contributed by atoms with Crippen LogP contribution >= 0.6 is 0 Å². The Morgan fingerprint density at radius 3 is 3.09 bits per heavy atom. The average molecular weight is 155 g/mol. The Morgan fingerprint density at radius 1 is 1.55 bits per heavy atom. The molecule has 0 fully saturated rings. The Kier molecular flexibility index (Phi) is 3.72. The summed E-state index contributed by atoms with van der Waals surface area (Å²) in [5.74, 6) is 0.933. The minimum absolute atomic E-state index is 0.241. The minimum Gasteiger partial charge on any atom is -0.468 e. The maximum absolute atomic E-state index is 8.46. The molecule has 0 aromatic carbocycles. The quantitative estimate of drug-likeness (QED) is 0.617. The van der Waals surface area contributed by atoms with Crippen molar-refractivity contribution in [1.82, 2.24) is 5.32 Å².